The van der Waals surface area contributed by atoms with Crippen LogP contribution in [0.15, 0.2) is 12.1 Å². The van der Waals surface area contributed by atoms with E-state index in [0.717, 1.165) is 26.2 Å². The zero-order chi connectivity index (χ0) is 14.5. The molecule has 0 amide bonds. The summed E-state index contributed by atoms with van der Waals surface area (Å²) in [5.74, 6) is -0.442. The molecule has 1 heterocycles. The normalized spacial score (nSPS) is 15.3. The molecule has 2 rings (SSSR count). The third kappa shape index (κ3) is 3.55. The van der Waals surface area contributed by atoms with Crippen LogP contribution in [0.3, 0.4) is 0 Å². The molecule has 0 aromatic heterocycles. The molecular weight excluding hydrogens is 278 g/mol. The molecule has 0 bridgehead atoms. The summed E-state index contributed by atoms with van der Waals surface area (Å²) in [6, 6.07) is 3.21. The SMILES string of the molecule is COC(=O)c1cc(N)cc(Cl)c1NCCN1CCCC1. The van der Waals surface area contributed by atoms with E-state index in [1.54, 1.807) is 12.1 Å². The van der Waals surface area contributed by atoms with E-state index in [4.69, 9.17) is 22.1 Å². The van der Waals surface area contributed by atoms with Crippen LogP contribution in [0.25, 0.3) is 0 Å². The predicted molar refractivity (Wildman–Crippen MR) is 81.4 cm³/mol. The van der Waals surface area contributed by atoms with Gasteiger partial charge in [-0.25, -0.2) is 4.79 Å². The molecule has 1 aromatic carbocycles. The first-order chi connectivity index (χ1) is 9.61. The number of benzene rings is 1. The molecule has 1 fully saturated rings. The van der Waals surface area contributed by atoms with Crippen molar-refractivity contribution in [1.82, 2.24) is 4.90 Å². The molecule has 1 saturated heterocycles. The van der Waals surface area contributed by atoms with Gasteiger partial charge in [0.15, 0.2) is 0 Å². The molecule has 1 aliphatic rings. The summed E-state index contributed by atoms with van der Waals surface area (Å²) in [4.78, 5) is 14.2. The van der Waals surface area contributed by atoms with Crippen molar-refractivity contribution in [3.63, 3.8) is 0 Å². The summed E-state index contributed by atoms with van der Waals surface area (Å²) in [7, 11) is 1.34. The Morgan fingerprint density at radius 2 is 2.15 bits per heavy atom. The molecule has 6 heteroatoms. The Balaban J connectivity index is 2.06. The van der Waals surface area contributed by atoms with E-state index in [1.807, 2.05) is 0 Å². The fourth-order valence-electron chi connectivity index (χ4n) is 2.42. The largest absolute Gasteiger partial charge is 0.465 e. The smallest absolute Gasteiger partial charge is 0.340 e. The lowest BCUT2D eigenvalue weighted by Crippen LogP contribution is -2.26. The lowest BCUT2D eigenvalue weighted by molar-refractivity contribution is 0.0602. The summed E-state index contributed by atoms with van der Waals surface area (Å²) in [5.41, 5.74) is 7.13. The predicted octanol–water partition coefficient (Wildman–Crippen LogP) is 2.22. The fourth-order valence-corrected chi connectivity index (χ4v) is 2.72. The van der Waals surface area contributed by atoms with E-state index in [0.29, 0.717) is 22.0 Å². The van der Waals surface area contributed by atoms with Gasteiger partial charge in [0.1, 0.15) is 0 Å². The minimum absolute atomic E-state index is 0.374. The average Bonchev–Trinajstić information content (AvgIpc) is 2.93. The number of carbonyl (C=O) groups is 1. The van der Waals surface area contributed by atoms with Crippen LogP contribution in [-0.4, -0.2) is 44.2 Å². The molecule has 5 nitrogen and oxygen atoms in total. The van der Waals surface area contributed by atoms with Crippen molar-refractivity contribution in [2.75, 3.05) is 44.3 Å². The highest BCUT2D eigenvalue weighted by atomic mass is 35.5. The molecule has 0 aliphatic carbocycles. The molecule has 0 spiro atoms. The van der Waals surface area contributed by atoms with E-state index in [-0.39, 0.29) is 0 Å². The number of nitrogen functional groups attached to an aromatic ring is 1. The standard InChI is InChI=1S/C14H20ClN3O2/c1-20-14(19)11-8-10(16)9-12(15)13(11)17-4-7-18-5-2-3-6-18/h8-9,17H,2-7,16H2,1H3. The third-order valence-electron chi connectivity index (χ3n) is 3.45. The third-order valence-corrected chi connectivity index (χ3v) is 3.74. The number of halogens is 1. The molecule has 0 saturated carbocycles. The van der Waals surface area contributed by atoms with Gasteiger partial charge in [-0.1, -0.05) is 11.6 Å². The van der Waals surface area contributed by atoms with Crippen molar-refractivity contribution in [2.24, 2.45) is 0 Å². The van der Waals surface area contributed by atoms with Gasteiger partial charge in [-0.05, 0) is 38.1 Å². The minimum atomic E-state index is -0.442. The Bertz CT molecular complexity index is 488. The highest BCUT2D eigenvalue weighted by Crippen LogP contribution is 2.29. The van der Waals surface area contributed by atoms with Crippen molar-refractivity contribution in [3.8, 4) is 0 Å². The number of ether oxygens (including phenoxy) is 1. The highest BCUT2D eigenvalue weighted by Gasteiger charge is 2.17. The summed E-state index contributed by atoms with van der Waals surface area (Å²) in [5, 5.41) is 3.66. The quantitative estimate of drug-likeness (QED) is 0.644. The molecule has 0 radical (unpaired) electrons. The second-order valence-electron chi connectivity index (χ2n) is 4.89. The molecule has 1 aromatic rings. The van der Waals surface area contributed by atoms with Crippen molar-refractivity contribution in [2.45, 2.75) is 12.8 Å². The zero-order valence-corrected chi connectivity index (χ0v) is 12.4. The average molecular weight is 298 g/mol. The first-order valence-electron chi connectivity index (χ1n) is 6.75. The molecule has 1 aliphatic heterocycles. The van der Waals surface area contributed by atoms with Crippen LogP contribution in [0.4, 0.5) is 11.4 Å². The zero-order valence-electron chi connectivity index (χ0n) is 11.6. The maximum atomic E-state index is 11.8. The number of methoxy groups -OCH3 is 1. The Labute approximate surface area is 124 Å². The van der Waals surface area contributed by atoms with Crippen LogP contribution in [-0.2, 0) is 4.74 Å². The number of anilines is 2. The van der Waals surface area contributed by atoms with E-state index >= 15 is 0 Å². The number of nitrogens with zero attached hydrogens (tertiary/aromatic N) is 1. The molecule has 3 N–H and O–H groups in total. The van der Waals surface area contributed by atoms with Gasteiger partial charge >= 0.3 is 5.97 Å². The number of rotatable bonds is 5. The first kappa shape index (κ1) is 14.9. The van der Waals surface area contributed by atoms with Gasteiger partial charge in [0.2, 0.25) is 0 Å². The van der Waals surface area contributed by atoms with E-state index < -0.39 is 5.97 Å². The van der Waals surface area contributed by atoms with Crippen molar-refractivity contribution in [3.05, 3.63) is 22.7 Å². The Morgan fingerprint density at radius 1 is 1.45 bits per heavy atom. The topological polar surface area (TPSA) is 67.6 Å². The summed E-state index contributed by atoms with van der Waals surface area (Å²) in [6.07, 6.45) is 2.52. The van der Waals surface area contributed by atoms with Gasteiger partial charge < -0.3 is 20.7 Å². The number of esters is 1. The van der Waals surface area contributed by atoms with Crippen LogP contribution < -0.4 is 11.1 Å². The van der Waals surface area contributed by atoms with Gasteiger partial charge in [0.25, 0.3) is 0 Å². The van der Waals surface area contributed by atoms with E-state index in [2.05, 4.69) is 10.2 Å². The highest BCUT2D eigenvalue weighted by molar-refractivity contribution is 6.34. The first-order valence-corrected chi connectivity index (χ1v) is 7.13. The van der Waals surface area contributed by atoms with E-state index in [1.165, 1.54) is 20.0 Å². The lowest BCUT2D eigenvalue weighted by atomic mass is 10.1. The van der Waals surface area contributed by atoms with Crippen LogP contribution in [0.1, 0.15) is 23.2 Å². The molecule has 20 heavy (non-hydrogen) atoms. The van der Waals surface area contributed by atoms with Gasteiger partial charge in [0, 0.05) is 18.8 Å². The lowest BCUT2D eigenvalue weighted by Gasteiger charge is -2.17. The fraction of sp³-hybridized carbons (Fsp3) is 0.500. The van der Waals surface area contributed by atoms with Gasteiger partial charge in [-0.15, -0.1) is 0 Å². The molecule has 110 valence electrons. The van der Waals surface area contributed by atoms with Crippen molar-refractivity contribution < 1.29 is 9.53 Å². The maximum absolute atomic E-state index is 11.8. The maximum Gasteiger partial charge on any atom is 0.340 e. The van der Waals surface area contributed by atoms with Crippen LogP contribution in [0.5, 0.6) is 0 Å². The molecule has 0 atom stereocenters. The summed E-state index contributed by atoms with van der Waals surface area (Å²) >= 11 is 6.17. The number of nitrogens with two attached hydrogens (primary N) is 1. The number of hydrogen-bond donors (Lipinski definition) is 2. The Kier molecular flexibility index (Phi) is 5.09. The molecule has 0 unspecified atom stereocenters. The Hall–Kier alpha value is -1.46. The van der Waals surface area contributed by atoms with Gasteiger partial charge in [-0.3, -0.25) is 0 Å². The van der Waals surface area contributed by atoms with Crippen LogP contribution in [0.2, 0.25) is 5.02 Å². The van der Waals surface area contributed by atoms with Gasteiger partial charge in [0.05, 0.1) is 23.4 Å². The van der Waals surface area contributed by atoms with Crippen LogP contribution >= 0.6 is 11.6 Å². The molecular formula is C14H20ClN3O2. The Morgan fingerprint density at radius 3 is 2.80 bits per heavy atom. The monoisotopic (exact) mass is 297 g/mol. The second kappa shape index (κ2) is 6.81. The number of hydrogen-bond acceptors (Lipinski definition) is 5. The second-order valence-corrected chi connectivity index (χ2v) is 5.30. The van der Waals surface area contributed by atoms with Crippen molar-refractivity contribution in [1.29, 1.82) is 0 Å². The van der Waals surface area contributed by atoms with Crippen molar-refractivity contribution >= 4 is 28.9 Å². The van der Waals surface area contributed by atoms with Crippen LogP contribution in [0, 0.1) is 0 Å². The summed E-state index contributed by atoms with van der Waals surface area (Å²) in [6.45, 7) is 3.94. The number of carbonyl (C=O) groups excluding carboxylic acids is 1. The van der Waals surface area contributed by atoms with Gasteiger partial charge in [-0.2, -0.15) is 0 Å². The van der Waals surface area contributed by atoms with E-state index in [9.17, 15) is 4.79 Å². The number of nitrogens with one attached hydrogen (secondary N) is 1. The number of likely N-dealkylation sites (tertiary alicyclic amines) is 1. The summed E-state index contributed by atoms with van der Waals surface area (Å²) < 4.78 is 4.76. The minimum Gasteiger partial charge on any atom is -0.465 e.